The van der Waals surface area contributed by atoms with Crippen molar-refractivity contribution < 1.29 is 4.84 Å². The summed E-state index contributed by atoms with van der Waals surface area (Å²) < 4.78 is 0. The van der Waals surface area contributed by atoms with Gasteiger partial charge in [0.2, 0.25) is 0 Å². The highest BCUT2D eigenvalue weighted by Gasteiger charge is 2.08. The maximum atomic E-state index is 5.65. The molecule has 0 unspecified atom stereocenters. The van der Waals surface area contributed by atoms with Crippen molar-refractivity contribution in [3.05, 3.63) is 0 Å². The molecule has 0 amide bonds. The zero-order valence-electron chi connectivity index (χ0n) is 14.4. The second-order valence-electron chi connectivity index (χ2n) is 6.06. The minimum Gasteiger partial charge on any atom is -0.299 e. The molecule has 0 atom stereocenters. The van der Waals surface area contributed by atoms with Crippen molar-refractivity contribution in [3.8, 4) is 0 Å². The van der Waals surface area contributed by atoms with Gasteiger partial charge in [-0.25, -0.2) is 5.48 Å². The monoisotopic (exact) mass is 285 g/mol. The van der Waals surface area contributed by atoms with Gasteiger partial charge in [-0.2, -0.15) is 0 Å². The minimum atomic E-state index is 0.428. The SMILES string of the molecule is CCCCCCCCC(CCCCCCCC)ONC. The minimum absolute atomic E-state index is 0.428. The van der Waals surface area contributed by atoms with Crippen molar-refractivity contribution in [3.63, 3.8) is 0 Å². The molecule has 122 valence electrons. The number of rotatable bonds is 16. The van der Waals surface area contributed by atoms with Crippen LogP contribution in [0.5, 0.6) is 0 Å². The normalized spacial score (nSPS) is 11.4. The van der Waals surface area contributed by atoms with Crippen LogP contribution in [-0.2, 0) is 4.84 Å². The number of nitrogens with one attached hydrogen (secondary N) is 1. The Kier molecular flexibility index (Phi) is 16.9. The third-order valence-electron chi connectivity index (χ3n) is 4.04. The van der Waals surface area contributed by atoms with Gasteiger partial charge in [0.15, 0.2) is 0 Å². The average molecular weight is 286 g/mol. The highest BCUT2D eigenvalue weighted by Crippen LogP contribution is 2.15. The summed E-state index contributed by atoms with van der Waals surface area (Å²) in [4.78, 5) is 5.65. The van der Waals surface area contributed by atoms with Gasteiger partial charge in [0, 0.05) is 7.05 Å². The topological polar surface area (TPSA) is 21.3 Å². The van der Waals surface area contributed by atoms with E-state index in [-0.39, 0.29) is 0 Å². The van der Waals surface area contributed by atoms with Crippen LogP contribution in [0.3, 0.4) is 0 Å². The molecule has 0 radical (unpaired) electrons. The number of hydrogen-bond donors (Lipinski definition) is 1. The van der Waals surface area contributed by atoms with Crippen LogP contribution in [-0.4, -0.2) is 13.2 Å². The van der Waals surface area contributed by atoms with Crippen molar-refractivity contribution in [1.29, 1.82) is 0 Å². The van der Waals surface area contributed by atoms with E-state index in [1.54, 1.807) is 0 Å². The molecule has 0 rings (SSSR count). The molecule has 0 aromatic carbocycles. The molecule has 0 aliphatic rings. The summed E-state index contributed by atoms with van der Waals surface area (Å²) in [6.07, 6.45) is 19.4. The molecule has 0 aliphatic carbocycles. The predicted molar refractivity (Wildman–Crippen MR) is 89.9 cm³/mol. The van der Waals surface area contributed by atoms with E-state index in [9.17, 15) is 0 Å². The van der Waals surface area contributed by atoms with Crippen LogP contribution in [0.25, 0.3) is 0 Å². The summed E-state index contributed by atoms with van der Waals surface area (Å²) in [7, 11) is 1.88. The summed E-state index contributed by atoms with van der Waals surface area (Å²) in [5.74, 6) is 0. The van der Waals surface area contributed by atoms with Crippen molar-refractivity contribution in [1.82, 2.24) is 5.48 Å². The van der Waals surface area contributed by atoms with Crippen molar-refractivity contribution in [2.45, 2.75) is 110 Å². The zero-order valence-corrected chi connectivity index (χ0v) is 14.4. The van der Waals surface area contributed by atoms with Crippen molar-refractivity contribution >= 4 is 0 Å². The second-order valence-corrected chi connectivity index (χ2v) is 6.06. The van der Waals surface area contributed by atoms with Gasteiger partial charge < -0.3 is 0 Å². The fraction of sp³-hybridized carbons (Fsp3) is 1.00. The van der Waals surface area contributed by atoms with Crippen LogP contribution in [0.2, 0.25) is 0 Å². The smallest absolute Gasteiger partial charge is 0.0790 e. The molecule has 0 saturated heterocycles. The highest BCUT2D eigenvalue weighted by molar-refractivity contribution is 4.59. The van der Waals surface area contributed by atoms with Crippen molar-refractivity contribution in [2.24, 2.45) is 0 Å². The molecule has 2 nitrogen and oxygen atoms in total. The highest BCUT2D eigenvalue weighted by atomic mass is 16.7. The lowest BCUT2D eigenvalue weighted by atomic mass is 10.0. The van der Waals surface area contributed by atoms with Gasteiger partial charge in [-0.15, -0.1) is 0 Å². The lowest BCUT2D eigenvalue weighted by Crippen LogP contribution is -2.20. The van der Waals surface area contributed by atoms with Crippen LogP contribution in [0.4, 0.5) is 0 Å². The third kappa shape index (κ3) is 14.3. The summed E-state index contributed by atoms with van der Waals surface area (Å²) in [6.45, 7) is 4.55. The Morgan fingerprint density at radius 2 is 1.05 bits per heavy atom. The molecule has 0 bridgehead atoms. The van der Waals surface area contributed by atoms with E-state index in [2.05, 4.69) is 19.3 Å². The first-order valence-electron chi connectivity index (χ1n) is 9.17. The first kappa shape index (κ1) is 19.9. The molecule has 0 heterocycles. The molecule has 0 aromatic heterocycles. The molecule has 0 fully saturated rings. The number of unbranched alkanes of at least 4 members (excludes halogenated alkanes) is 10. The molecular weight excluding hydrogens is 246 g/mol. The predicted octanol–water partition coefficient (Wildman–Crippen LogP) is 6.01. The van der Waals surface area contributed by atoms with E-state index in [0.29, 0.717) is 6.10 Å². The van der Waals surface area contributed by atoms with Crippen LogP contribution in [0.15, 0.2) is 0 Å². The maximum Gasteiger partial charge on any atom is 0.0790 e. The van der Waals surface area contributed by atoms with Crippen LogP contribution in [0.1, 0.15) is 104 Å². The van der Waals surface area contributed by atoms with Gasteiger partial charge in [0.05, 0.1) is 6.10 Å². The van der Waals surface area contributed by atoms with Gasteiger partial charge >= 0.3 is 0 Å². The molecule has 2 heteroatoms. The number of hydroxylamine groups is 1. The van der Waals surface area contributed by atoms with E-state index < -0.39 is 0 Å². The largest absolute Gasteiger partial charge is 0.299 e. The van der Waals surface area contributed by atoms with Gasteiger partial charge in [-0.1, -0.05) is 90.9 Å². The Hall–Kier alpha value is -0.0800. The fourth-order valence-corrected chi connectivity index (χ4v) is 2.73. The van der Waals surface area contributed by atoms with Gasteiger partial charge in [-0.3, -0.25) is 4.84 Å². The Labute approximate surface area is 128 Å². The second kappa shape index (κ2) is 17.0. The zero-order chi connectivity index (χ0) is 14.9. The lowest BCUT2D eigenvalue weighted by Gasteiger charge is -2.16. The van der Waals surface area contributed by atoms with Crippen LogP contribution < -0.4 is 5.48 Å². The first-order chi connectivity index (χ1) is 9.85. The number of hydrogen-bond acceptors (Lipinski definition) is 2. The van der Waals surface area contributed by atoms with Gasteiger partial charge in [0.25, 0.3) is 0 Å². The standard InChI is InChI=1S/C18H39NO/c1-4-6-8-10-12-14-16-18(20-19-3)17-15-13-11-9-7-5-2/h18-19H,4-17H2,1-3H3. The van der Waals surface area contributed by atoms with Gasteiger partial charge in [0.1, 0.15) is 0 Å². The Morgan fingerprint density at radius 3 is 1.45 bits per heavy atom. The molecule has 0 aliphatic heterocycles. The van der Waals surface area contributed by atoms with E-state index in [1.165, 1.54) is 89.9 Å². The van der Waals surface area contributed by atoms with Crippen molar-refractivity contribution in [2.75, 3.05) is 7.05 Å². The molecule has 1 N–H and O–H groups in total. The summed E-state index contributed by atoms with van der Waals surface area (Å²) in [5.41, 5.74) is 2.89. The summed E-state index contributed by atoms with van der Waals surface area (Å²) >= 11 is 0. The van der Waals surface area contributed by atoms with E-state index in [1.807, 2.05) is 7.05 Å². The summed E-state index contributed by atoms with van der Waals surface area (Å²) in [6, 6.07) is 0. The Balaban J connectivity index is 3.45. The summed E-state index contributed by atoms with van der Waals surface area (Å²) in [5, 5.41) is 0. The Bertz CT molecular complexity index is 157. The van der Waals surface area contributed by atoms with E-state index in [4.69, 9.17) is 4.84 Å². The van der Waals surface area contributed by atoms with Crippen LogP contribution in [0, 0.1) is 0 Å². The molecule has 0 aromatic rings. The molecule has 0 saturated carbocycles. The third-order valence-corrected chi connectivity index (χ3v) is 4.04. The lowest BCUT2D eigenvalue weighted by molar-refractivity contribution is -0.0229. The average Bonchev–Trinajstić information content (AvgIpc) is 2.46. The van der Waals surface area contributed by atoms with E-state index in [0.717, 1.165) is 0 Å². The van der Waals surface area contributed by atoms with Crippen LogP contribution >= 0.6 is 0 Å². The first-order valence-corrected chi connectivity index (χ1v) is 9.17. The van der Waals surface area contributed by atoms with E-state index >= 15 is 0 Å². The Morgan fingerprint density at radius 1 is 0.650 bits per heavy atom. The maximum absolute atomic E-state index is 5.65. The van der Waals surface area contributed by atoms with Gasteiger partial charge in [-0.05, 0) is 12.8 Å². The molecule has 20 heavy (non-hydrogen) atoms. The molecular formula is C18H39NO. The molecule has 0 spiro atoms. The quantitative estimate of drug-likeness (QED) is 0.277. The fourth-order valence-electron chi connectivity index (χ4n) is 2.73.